The fraction of sp³-hybridized carbons (Fsp3) is 0.400. The van der Waals surface area contributed by atoms with Crippen LogP contribution in [0.25, 0.3) is 0 Å². The van der Waals surface area contributed by atoms with Gasteiger partial charge in [-0.05, 0) is 34.3 Å². The van der Waals surface area contributed by atoms with Gasteiger partial charge in [0, 0.05) is 16.3 Å². The van der Waals surface area contributed by atoms with E-state index in [1.54, 1.807) is 11.8 Å². The van der Waals surface area contributed by atoms with Gasteiger partial charge >= 0.3 is 0 Å². The Labute approximate surface area is 119 Å². The molecule has 0 aliphatic heterocycles. The van der Waals surface area contributed by atoms with Gasteiger partial charge in [0.25, 0.3) is 0 Å². The molecule has 4 nitrogen and oxygen atoms in total. The average Bonchev–Trinajstić information content (AvgIpc) is 2.30. The van der Waals surface area contributed by atoms with Crippen LogP contribution in [0.3, 0.4) is 0 Å². The van der Waals surface area contributed by atoms with Crippen LogP contribution in [-0.4, -0.2) is 26.5 Å². The summed E-state index contributed by atoms with van der Waals surface area (Å²) in [6, 6.07) is 2.15. The second-order valence-electron chi connectivity index (χ2n) is 3.70. The molecule has 1 aromatic rings. The maximum absolute atomic E-state index is 13.1. The molecule has 0 bridgehead atoms. The minimum atomic E-state index is -3.69. The van der Waals surface area contributed by atoms with E-state index in [1.165, 1.54) is 0 Å². The van der Waals surface area contributed by atoms with Crippen molar-refractivity contribution in [3.63, 3.8) is 0 Å². The molecule has 0 amide bonds. The zero-order chi connectivity index (χ0) is 13.9. The number of nitrogens with one attached hydrogen (secondary N) is 1. The number of rotatable bonds is 5. The Kier molecular flexibility index (Phi) is 5.45. The van der Waals surface area contributed by atoms with Crippen molar-refractivity contribution in [3.05, 3.63) is 22.4 Å². The minimum absolute atomic E-state index is 0.0605. The summed E-state index contributed by atoms with van der Waals surface area (Å²) in [5.74, 6) is -0.654. The van der Waals surface area contributed by atoms with E-state index >= 15 is 0 Å². The predicted octanol–water partition coefficient (Wildman–Crippen LogP) is 2.20. The Morgan fingerprint density at radius 3 is 2.72 bits per heavy atom. The first kappa shape index (κ1) is 15.7. The number of nitrogens with two attached hydrogens (primary N) is 1. The number of nitrogen functional groups attached to an aromatic ring is 1. The van der Waals surface area contributed by atoms with Gasteiger partial charge < -0.3 is 5.73 Å². The first-order chi connectivity index (χ1) is 8.27. The molecular formula is C10H14BrFN2O2S2. The van der Waals surface area contributed by atoms with Gasteiger partial charge in [0.15, 0.2) is 0 Å². The van der Waals surface area contributed by atoms with Crippen LogP contribution in [0.15, 0.2) is 21.5 Å². The Balaban J connectivity index is 3.02. The molecule has 1 unspecified atom stereocenters. The average molecular weight is 357 g/mol. The molecular weight excluding hydrogens is 343 g/mol. The van der Waals surface area contributed by atoms with E-state index in [1.807, 2.05) is 13.2 Å². The van der Waals surface area contributed by atoms with E-state index in [4.69, 9.17) is 5.73 Å². The van der Waals surface area contributed by atoms with Gasteiger partial charge in [-0.15, -0.1) is 0 Å². The highest BCUT2D eigenvalue weighted by Gasteiger charge is 2.20. The summed E-state index contributed by atoms with van der Waals surface area (Å²) in [5.41, 5.74) is 5.18. The lowest BCUT2D eigenvalue weighted by molar-refractivity contribution is 0.580. The molecule has 0 saturated heterocycles. The largest absolute Gasteiger partial charge is 0.396 e. The third-order valence-electron chi connectivity index (χ3n) is 2.30. The molecule has 0 aromatic heterocycles. The third-order valence-corrected chi connectivity index (χ3v) is 5.66. The van der Waals surface area contributed by atoms with Gasteiger partial charge in [-0.3, -0.25) is 0 Å². The van der Waals surface area contributed by atoms with Crippen molar-refractivity contribution >= 4 is 43.4 Å². The lowest BCUT2D eigenvalue weighted by Gasteiger charge is -2.12. The van der Waals surface area contributed by atoms with E-state index in [9.17, 15) is 12.8 Å². The van der Waals surface area contributed by atoms with Gasteiger partial charge in [0.2, 0.25) is 10.0 Å². The van der Waals surface area contributed by atoms with E-state index < -0.39 is 15.8 Å². The highest BCUT2D eigenvalue weighted by molar-refractivity contribution is 9.10. The summed E-state index contributed by atoms with van der Waals surface area (Å²) in [5, 5.41) is 0.149. The maximum Gasteiger partial charge on any atom is 0.241 e. The molecule has 0 saturated carbocycles. The number of hydrogen-bond acceptors (Lipinski definition) is 4. The van der Waals surface area contributed by atoms with Crippen molar-refractivity contribution < 1.29 is 12.8 Å². The molecule has 102 valence electrons. The zero-order valence-electron chi connectivity index (χ0n) is 9.91. The molecule has 0 radical (unpaired) electrons. The van der Waals surface area contributed by atoms with Gasteiger partial charge in [-0.25, -0.2) is 17.5 Å². The first-order valence-electron chi connectivity index (χ1n) is 5.05. The Bertz CT molecular complexity index is 537. The summed E-state index contributed by atoms with van der Waals surface area (Å²) < 4.78 is 39.8. The van der Waals surface area contributed by atoms with Crippen molar-refractivity contribution in [1.82, 2.24) is 4.72 Å². The van der Waals surface area contributed by atoms with Gasteiger partial charge in [-0.1, -0.05) is 6.92 Å². The SMILES string of the molecule is CSC(C)CNS(=O)(=O)c1cc(N)c(F)cc1Br. The summed E-state index contributed by atoms with van der Waals surface area (Å²) in [4.78, 5) is -0.0605. The van der Waals surface area contributed by atoms with Gasteiger partial charge in [0.05, 0.1) is 10.6 Å². The van der Waals surface area contributed by atoms with Crippen molar-refractivity contribution in [2.24, 2.45) is 0 Å². The minimum Gasteiger partial charge on any atom is -0.396 e. The Morgan fingerprint density at radius 2 is 2.17 bits per heavy atom. The number of anilines is 1. The molecule has 0 fully saturated rings. The molecule has 0 aliphatic carbocycles. The second kappa shape index (κ2) is 6.23. The standard InChI is InChI=1S/C10H14BrFN2O2S2/c1-6(17-2)5-14-18(15,16)10-4-9(13)8(12)3-7(10)11/h3-4,6,14H,5,13H2,1-2H3. The molecule has 1 atom stereocenters. The monoisotopic (exact) mass is 356 g/mol. The maximum atomic E-state index is 13.1. The Morgan fingerprint density at radius 1 is 1.56 bits per heavy atom. The molecule has 0 heterocycles. The number of hydrogen-bond donors (Lipinski definition) is 2. The summed E-state index contributed by atoms with van der Waals surface area (Å²) >= 11 is 4.57. The topological polar surface area (TPSA) is 72.2 Å². The van der Waals surface area contributed by atoms with Crippen LogP contribution in [0, 0.1) is 5.82 Å². The van der Waals surface area contributed by atoms with Crippen LogP contribution in [-0.2, 0) is 10.0 Å². The van der Waals surface area contributed by atoms with Crippen molar-refractivity contribution in [3.8, 4) is 0 Å². The normalized spacial score (nSPS) is 13.6. The van der Waals surface area contributed by atoms with E-state index in [0.29, 0.717) is 6.54 Å². The van der Waals surface area contributed by atoms with Gasteiger partial charge in [-0.2, -0.15) is 11.8 Å². The quantitative estimate of drug-likeness (QED) is 0.793. The first-order valence-corrected chi connectivity index (χ1v) is 8.61. The van der Waals surface area contributed by atoms with Crippen LogP contribution in [0.5, 0.6) is 0 Å². The number of halogens is 2. The second-order valence-corrected chi connectivity index (χ2v) is 7.57. The molecule has 1 aromatic carbocycles. The van der Waals surface area contributed by atoms with E-state index in [0.717, 1.165) is 12.1 Å². The number of thioether (sulfide) groups is 1. The molecule has 0 aliphatic rings. The fourth-order valence-electron chi connectivity index (χ4n) is 1.14. The van der Waals surface area contributed by atoms with E-state index in [-0.39, 0.29) is 20.3 Å². The molecule has 3 N–H and O–H groups in total. The predicted molar refractivity (Wildman–Crippen MR) is 76.7 cm³/mol. The van der Waals surface area contributed by atoms with E-state index in [2.05, 4.69) is 20.7 Å². The van der Waals surface area contributed by atoms with Crippen molar-refractivity contribution in [1.29, 1.82) is 0 Å². The molecule has 8 heteroatoms. The van der Waals surface area contributed by atoms with Crippen molar-refractivity contribution in [2.75, 3.05) is 18.5 Å². The highest BCUT2D eigenvalue weighted by atomic mass is 79.9. The summed E-state index contributed by atoms with van der Waals surface area (Å²) in [7, 11) is -3.69. The van der Waals surface area contributed by atoms with Crippen LogP contribution < -0.4 is 10.5 Å². The molecule has 0 spiro atoms. The van der Waals surface area contributed by atoms with Crippen LogP contribution in [0.4, 0.5) is 10.1 Å². The summed E-state index contributed by atoms with van der Waals surface area (Å²) in [6.45, 7) is 2.20. The highest BCUT2D eigenvalue weighted by Crippen LogP contribution is 2.26. The van der Waals surface area contributed by atoms with Gasteiger partial charge in [0.1, 0.15) is 5.82 Å². The molecule has 1 rings (SSSR count). The fourth-order valence-corrected chi connectivity index (χ4v) is 3.67. The lowest BCUT2D eigenvalue weighted by Crippen LogP contribution is -2.29. The number of sulfonamides is 1. The Hall–Kier alpha value is -0.310. The summed E-state index contributed by atoms with van der Waals surface area (Å²) in [6.07, 6.45) is 1.89. The zero-order valence-corrected chi connectivity index (χ0v) is 13.1. The van der Waals surface area contributed by atoms with Crippen molar-refractivity contribution in [2.45, 2.75) is 17.1 Å². The molecule has 18 heavy (non-hydrogen) atoms. The van der Waals surface area contributed by atoms with Crippen LogP contribution in [0.2, 0.25) is 0 Å². The third kappa shape index (κ3) is 3.84. The smallest absolute Gasteiger partial charge is 0.241 e. The van der Waals surface area contributed by atoms with Crippen LogP contribution >= 0.6 is 27.7 Å². The van der Waals surface area contributed by atoms with Crippen LogP contribution in [0.1, 0.15) is 6.92 Å². The number of benzene rings is 1. The lowest BCUT2D eigenvalue weighted by atomic mass is 10.3.